The van der Waals surface area contributed by atoms with E-state index in [2.05, 4.69) is 9.59 Å². The number of hydrogen-bond donors (Lipinski definition) is 0. The van der Waals surface area contributed by atoms with Crippen LogP contribution in [0.5, 0.6) is 0 Å². The molecule has 0 bridgehead atoms. The summed E-state index contributed by atoms with van der Waals surface area (Å²) in [4.78, 5) is 11.0. The summed E-state index contributed by atoms with van der Waals surface area (Å²) in [6.07, 6.45) is 3.69. The Bertz CT molecular complexity index is 433. The summed E-state index contributed by atoms with van der Waals surface area (Å²) in [5.74, 6) is 0.0835. The molecule has 2 heterocycles. The van der Waals surface area contributed by atoms with E-state index in [1.54, 1.807) is 6.92 Å². The number of hydrogen-bond acceptors (Lipinski definition) is 4. The smallest absolute Gasteiger partial charge is 0.161 e. The Kier molecular flexibility index (Phi) is 2.41. The normalized spacial score (nSPS) is 10.4. The number of carbonyl (C=O) groups is 1. The van der Waals surface area contributed by atoms with Crippen molar-refractivity contribution in [1.82, 2.24) is 14.2 Å². The van der Waals surface area contributed by atoms with E-state index in [1.807, 2.05) is 28.4 Å². The summed E-state index contributed by atoms with van der Waals surface area (Å²) < 4.78 is 5.70. The molecule has 4 nitrogen and oxygen atoms in total. The Balaban J connectivity index is 2.14. The van der Waals surface area contributed by atoms with Crippen LogP contribution in [-0.4, -0.2) is 19.9 Å². The third-order valence-electron chi connectivity index (χ3n) is 1.91. The molecule has 0 atom stereocenters. The van der Waals surface area contributed by atoms with E-state index >= 15 is 0 Å². The Morgan fingerprint density at radius 3 is 3.07 bits per heavy atom. The van der Waals surface area contributed by atoms with Gasteiger partial charge in [0.2, 0.25) is 0 Å². The van der Waals surface area contributed by atoms with E-state index in [-0.39, 0.29) is 5.78 Å². The highest BCUT2D eigenvalue weighted by Gasteiger charge is 2.02. The minimum Gasteiger partial charge on any atom is -0.347 e. The molecule has 0 aromatic carbocycles. The van der Waals surface area contributed by atoms with Gasteiger partial charge in [-0.05, 0) is 24.5 Å². The van der Waals surface area contributed by atoms with Crippen LogP contribution in [0, 0.1) is 0 Å². The van der Waals surface area contributed by atoms with Crippen molar-refractivity contribution in [3.05, 3.63) is 35.1 Å². The number of ketones is 1. The highest BCUT2D eigenvalue weighted by atomic mass is 32.1. The largest absolute Gasteiger partial charge is 0.347 e. The van der Waals surface area contributed by atoms with Crippen LogP contribution in [0.2, 0.25) is 0 Å². The second-order valence-electron chi connectivity index (χ2n) is 3.02. The third kappa shape index (κ3) is 1.88. The standard InChI is InChI=1S/C9H9N3OS/c1-7(13)8-2-3-12(4-8)5-9-6-14-11-10-9/h2-4,6H,5H2,1H3. The van der Waals surface area contributed by atoms with Crippen molar-refractivity contribution in [2.24, 2.45) is 0 Å². The average molecular weight is 207 g/mol. The van der Waals surface area contributed by atoms with Gasteiger partial charge in [-0.25, -0.2) is 0 Å². The lowest BCUT2D eigenvalue weighted by atomic mass is 10.2. The molecule has 0 unspecified atom stereocenters. The van der Waals surface area contributed by atoms with Crippen molar-refractivity contribution in [1.29, 1.82) is 0 Å². The van der Waals surface area contributed by atoms with Crippen LogP contribution in [0.3, 0.4) is 0 Å². The second-order valence-corrected chi connectivity index (χ2v) is 3.63. The fraction of sp³-hybridized carbons (Fsp3) is 0.222. The molecule has 0 spiro atoms. The molecule has 14 heavy (non-hydrogen) atoms. The molecule has 2 aromatic rings. The second kappa shape index (κ2) is 3.71. The van der Waals surface area contributed by atoms with Gasteiger partial charge in [0.25, 0.3) is 0 Å². The maximum Gasteiger partial charge on any atom is 0.161 e. The lowest BCUT2D eigenvalue weighted by molar-refractivity contribution is 0.101. The van der Waals surface area contributed by atoms with Crippen LogP contribution >= 0.6 is 11.5 Å². The molecule has 0 amide bonds. The van der Waals surface area contributed by atoms with E-state index < -0.39 is 0 Å². The Morgan fingerprint density at radius 1 is 1.64 bits per heavy atom. The molecule has 0 N–H and O–H groups in total. The third-order valence-corrected chi connectivity index (χ3v) is 2.46. The summed E-state index contributed by atoms with van der Waals surface area (Å²) in [7, 11) is 0. The zero-order valence-corrected chi connectivity index (χ0v) is 8.49. The van der Waals surface area contributed by atoms with Gasteiger partial charge in [-0.3, -0.25) is 4.79 Å². The Hall–Kier alpha value is -1.49. The molecule has 2 aromatic heterocycles. The van der Waals surface area contributed by atoms with Gasteiger partial charge >= 0.3 is 0 Å². The number of carbonyl (C=O) groups excluding carboxylic acids is 1. The van der Waals surface area contributed by atoms with Gasteiger partial charge in [0.05, 0.1) is 12.2 Å². The fourth-order valence-electron chi connectivity index (χ4n) is 1.19. The van der Waals surface area contributed by atoms with Gasteiger partial charge in [0, 0.05) is 23.3 Å². The van der Waals surface area contributed by atoms with Crippen LogP contribution in [0.15, 0.2) is 23.8 Å². The summed E-state index contributed by atoms with van der Waals surface area (Å²) in [6.45, 7) is 2.23. The molecule has 5 heteroatoms. The first-order chi connectivity index (χ1) is 6.75. The van der Waals surface area contributed by atoms with Crippen molar-refractivity contribution in [3.63, 3.8) is 0 Å². The quantitative estimate of drug-likeness (QED) is 0.718. The van der Waals surface area contributed by atoms with Gasteiger partial charge in [-0.1, -0.05) is 4.49 Å². The lowest BCUT2D eigenvalue weighted by Crippen LogP contribution is -1.97. The first-order valence-corrected chi connectivity index (χ1v) is 5.02. The van der Waals surface area contributed by atoms with Gasteiger partial charge in [-0.2, -0.15) is 0 Å². The Labute approximate surface area is 85.4 Å². The SMILES string of the molecule is CC(=O)c1ccn(Cc2csnn2)c1. The molecule has 0 aliphatic carbocycles. The molecule has 0 aliphatic rings. The minimum absolute atomic E-state index is 0.0835. The van der Waals surface area contributed by atoms with Gasteiger partial charge in [-0.15, -0.1) is 5.10 Å². The first-order valence-electron chi connectivity index (χ1n) is 4.18. The minimum atomic E-state index is 0.0835. The summed E-state index contributed by atoms with van der Waals surface area (Å²) in [6, 6.07) is 1.81. The molecule has 0 saturated carbocycles. The number of Topliss-reactive ketones (excluding diaryl/α,β-unsaturated/α-hetero) is 1. The molecule has 0 aliphatic heterocycles. The van der Waals surface area contributed by atoms with Crippen molar-refractivity contribution in [3.8, 4) is 0 Å². The molecular weight excluding hydrogens is 198 g/mol. The predicted octanol–water partition coefficient (Wildman–Crippen LogP) is 1.59. The topological polar surface area (TPSA) is 47.8 Å². The van der Waals surface area contributed by atoms with E-state index in [9.17, 15) is 4.79 Å². The van der Waals surface area contributed by atoms with Crippen molar-refractivity contribution < 1.29 is 4.79 Å². The highest BCUT2D eigenvalue weighted by Crippen LogP contribution is 2.05. The first kappa shape index (κ1) is 9.08. The molecule has 0 saturated heterocycles. The predicted molar refractivity (Wildman–Crippen MR) is 53.4 cm³/mol. The maximum atomic E-state index is 11.0. The average Bonchev–Trinajstić information content (AvgIpc) is 2.75. The number of aromatic nitrogens is 3. The van der Waals surface area contributed by atoms with Gasteiger partial charge in [0.1, 0.15) is 0 Å². The van der Waals surface area contributed by atoms with Crippen molar-refractivity contribution >= 4 is 17.3 Å². The monoisotopic (exact) mass is 207 g/mol. The molecule has 72 valence electrons. The number of rotatable bonds is 3. The van der Waals surface area contributed by atoms with Crippen molar-refractivity contribution in [2.75, 3.05) is 0 Å². The molecule has 0 radical (unpaired) electrons. The van der Waals surface area contributed by atoms with Crippen LogP contribution in [0.4, 0.5) is 0 Å². The molecule has 0 fully saturated rings. The highest BCUT2D eigenvalue weighted by molar-refractivity contribution is 7.03. The Morgan fingerprint density at radius 2 is 2.50 bits per heavy atom. The molecular formula is C9H9N3OS. The summed E-state index contributed by atoms with van der Waals surface area (Å²) >= 11 is 1.33. The van der Waals surface area contributed by atoms with E-state index in [4.69, 9.17) is 0 Å². The van der Waals surface area contributed by atoms with Gasteiger partial charge < -0.3 is 4.57 Å². The van der Waals surface area contributed by atoms with Crippen molar-refractivity contribution in [2.45, 2.75) is 13.5 Å². The lowest BCUT2D eigenvalue weighted by Gasteiger charge is -1.96. The fourth-order valence-corrected chi connectivity index (χ4v) is 1.63. The van der Waals surface area contributed by atoms with Gasteiger partial charge in [0.15, 0.2) is 5.78 Å². The zero-order chi connectivity index (χ0) is 9.97. The van der Waals surface area contributed by atoms with E-state index in [0.717, 1.165) is 11.3 Å². The summed E-state index contributed by atoms with van der Waals surface area (Å²) in [5.41, 5.74) is 1.65. The van der Waals surface area contributed by atoms with Crippen LogP contribution in [0.25, 0.3) is 0 Å². The maximum absolute atomic E-state index is 11.0. The van der Waals surface area contributed by atoms with E-state index in [1.165, 1.54) is 11.5 Å². The summed E-state index contributed by atoms with van der Waals surface area (Å²) in [5, 5.41) is 5.82. The van der Waals surface area contributed by atoms with Crippen LogP contribution in [-0.2, 0) is 6.54 Å². The zero-order valence-electron chi connectivity index (χ0n) is 7.67. The molecule has 2 rings (SSSR count). The van der Waals surface area contributed by atoms with E-state index in [0.29, 0.717) is 6.54 Å². The van der Waals surface area contributed by atoms with Crippen LogP contribution < -0.4 is 0 Å². The van der Waals surface area contributed by atoms with Crippen LogP contribution in [0.1, 0.15) is 23.0 Å². The number of nitrogens with zero attached hydrogens (tertiary/aromatic N) is 3.